The average Bonchev–Trinajstić information content (AvgIpc) is 3.41. The van der Waals surface area contributed by atoms with Crippen LogP contribution in [-0.4, -0.2) is 42.5 Å². The van der Waals surface area contributed by atoms with Gasteiger partial charge in [-0.05, 0) is 30.3 Å². The molecule has 3 heterocycles. The van der Waals surface area contributed by atoms with Crippen LogP contribution in [0.4, 0.5) is 0 Å². The van der Waals surface area contributed by atoms with Gasteiger partial charge in [-0.2, -0.15) is 0 Å². The number of esters is 1. The van der Waals surface area contributed by atoms with Crippen LogP contribution in [0.25, 0.3) is 0 Å². The van der Waals surface area contributed by atoms with Gasteiger partial charge in [-0.15, -0.1) is 0 Å². The van der Waals surface area contributed by atoms with E-state index in [2.05, 4.69) is 0 Å². The van der Waals surface area contributed by atoms with Crippen LogP contribution in [0.1, 0.15) is 22.5 Å². The highest BCUT2D eigenvalue weighted by atomic mass is 16.7. The van der Waals surface area contributed by atoms with Crippen molar-refractivity contribution in [3.63, 3.8) is 0 Å². The Morgan fingerprint density at radius 3 is 2.85 bits per heavy atom. The van der Waals surface area contributed by atoms with Crippen LogP contribution in [0.15, 0.2) is 41.0 Å². The minimum Gasteiger partial charge on any atom is -0.467 e. The monoisotopic (exact) mass is 371 g/mol. The van der Waals surface area contributed by atoms with Crippen LogP contribution in [0.2, 0.25) is 0 Å². The van der Waals surface area contributed by atoms with Gasteiger partial charge in [0.25, 0.3) is 0 Å². The van der Waals surface area contributed by atoms with Gasteiger partial charge in [-0.3, -0.25) is 14.4 Å². The minimum absolute atomic E-state index is 0.0672. The zero-order valence-electron chi connectivity index (χ0n) is 14.4. The lowest BCUT2D eigenvalue weighted by molar-refractivity contribution is -0.147. The maximum absolute atomic E-state index is 12.2. The van der Waals surface area contributed by atoms with Gasteiger partial charge in [0.2, 0.25) is 12.7 Å². The predicted molar refractivity (Wildman–Crippen MR) is 90.1 cm³/mol. The van der Waals surface area contributed by atoms with E-state index in [4.69, 9.17) is 18.6 Å². The SMILES string of the molecule is O=C(COC(=O)[C@@H]1CC(=O)N(Cc2ccco2)C1)c1ccc2c(c1)OCO2. The first-order valence-corrected chi connectivity index (χ1v) is 8.50. The van der Waals surface area contributed by atoms with Crippen LogP contribution < -0.4 is 9.47 Å². The molecule has 1 amide bonds. The summed E-state index contributed by atoms with van der Waals surface area (Å²) in [5.74, 6) is 0.0763. The third-order valence-corrected chi connectivity index (χ3v) is 4.51. The smallest absolute Gasteiger partial charge is 0.311 e. The van der Waals surface area contributed by atoms with E-state index in [1.165, 1.54) is 6.26 Å². The lowest BCUT2D eigenvalue weighted by Gasteiger charge is -2.14. The summed E-state index contributed by atoms with van der Waals surface area (Å²) in [6.07, 6.45) is 1.60. The van der Waals surface area contributed by atoms with E-state index >= 15 is 0 Å². The maximum atomic E-state index is 12.2. The summed E-state index contributed by atoms with van der Waals surface area (Å²) in [5, 5.41) is 0. The Hall–Kier alpha value is -3.29. The Labute approximate surface area is 154 Å². The van der Waals surface area contributed by atoms with Gasteiger partial charge >= 0.3 is 5.97 Å². The van der Waals surface area contributed by atoms with Crippen molar-refractivity contribution >= 4 is 17.7 Å². The molecule has 2 aliphatic rings. The first-order chi connectivity index (χ1) is 13.1. The predicted octanol–water partition coefficient (Wildman–Crippen LogP) is 1.78. The number of amides is 1. The van der Waals surface area contributed by atoms with E-state index in [0.717, 1.165) is 0 Å². The van der Waals surface area contributed by atoms with Gasteiger partial charge in [0.15, 0.2) is 23.9 Å². The molecular weight excluding hydrogens is 354 g/mol. The van der Waals surface area contributed by atoms with Gasteiger partial charge in [0.1, 0.15) is 5.76 Å². The van der Waals surface area contributed by atoms with E-state index in [9.17, 15) is 14.4 Å². The molecule has 1 fully saturated rings. The van der Waals surface area contributed by atoms with Crippen LogP contribution in [0.5, 0.6) is 11.5 Å². The number of benzene rings is 1. The highest BCUT2D eigenvalue weighted by Gasteiger charge is 2.36. The second kappa shape index (κ2) is 7.14. The number of hydrogen-bond acceptors (Lipinski definition) is 7. The van der Waals surface area contributed by atoms with Crippen molar-refractivity contribution in [2.75, 3.05) is 19.9 Å². The van der Waals surface area contributed by atoms with Gasteiger partial charge in [0, 0.05) is 18.5 Å². The maximum Gasteiger partial charge on any atom is 0.311 e. The summed E-state index contributed by atoms with van der Waals surface area (Å²) in [6.45, 7) is 0.288. The molecule has 1 aromatic heterocycles. The van der Waals surface area contributed by atoms with Crippen LogP contribution >= 0.6 is 0 Å². The van der Waals surface area contributed by atoms with Crippen LogP contribution in [0.3, 0.4) is 0 Å². The number of nitrogens with zero attached hydrogens (tertiary/aromatic N) is 1. The Bertz CT molecular complexity index is 874. The molecule has 0 unspecified atom stereocenters. The number of Topliss-reactive ketones (excluding diaryl/α,β-unsaturated/α-hetero) is 1. The number of hydrogen-bond donors (Lipinski definition) is 0. The first-order valence-electron chi connectivity index (χ1n) is 8.50. The fraction of sp³-hybridized carbons (Fsp3) is 0.316. The second-order valence-electron chi connectivity index (χ2n) is 6.35. The average molecular weight is 371 g/mol. The molecule has 0 saturated carbocycles. The Balaban J connectivity index is 1.30. The molecule has 2 aromatic rings. The minimum atomic E-state index is -0.586. The van der Waals surface area contributed by atoms with Crippen LogP contribution in [-0.2, 0) is 20.9 Å². The van der Waals surface area contributed by atoms with Gasteiger partial charge < -0.3 is 23.5 Å². The van der Waals surface area contributed by atoms with E-state index in [0.29, 0.717) is 29.4 Å². The molecule has 27 heavy (non-hydrogen) atoms. The lowest BCUT2D eigenvalue weighted by Crippen LogP contribution is -2.27. The summed E-state index contributed by atoms with van der Waals surface area (Å²) in [5.41, 5.74) is 0.369. The molecule has 4 rings (SSSR count). The van der Waals surface area contributed by atoms with Crippen molar-refractivity contribution in [3.05, 3.63) is 47.9 Å². The summed E-state index contributed by atoms with van der Waals surface area (Å²) < 4.78 is 20.8. The van der Waals surface area contributed by atoms with E-state index in [1.54, 1.807) is 35.2 Å². The molecule has 2 aliphatic heterocycles. The van der Waals surface area contributed by atoms with Crippen molar-refractivity contribution in [2.45, 2.75) is 13.0 Å². The third kappa shape index (κ3) is 3.64. The fourth-order valence-corrected chi connectivity index (χ4v) is 3.08. The second-order valence-corrected chi connectivity index (χ2v) is 6.35. The first kappa shape index (κ1) is 17.1. The number of likely N-dealkylation sites (tertiary alicyclic amines) is 1. The fourth-order valence-electron chi connectivity index (χ4n) is 3.08. The molecule has 0 spiro atoms. The molecule has 0 bridgehead atoms. The number of furan rings is 1. The van der Waals surface area contributed by atoms with Crippen molar-refractivity contribution in [1.29, 1.82) is 0 Å². The number of ketones is 1. The summed E-state index contributed by atoms with van der Waals surface area (Å²) in [7, 11) is 0. The van der Waals surface area contributed by atoms with Gasteiger partial charge in [0.05, 0.1) is 18.7 Å². The highest BCUT2D eigenvalue weighted by molar-refractivity contribution is 5.99. The molecule has 0 N–H and O–H groups in total. The molecule has 0 aliphatic carbocycles. The lowest BCUT2D eigenvalue weighted by atomic mass is 10.1. The standard InChI is InChI=1S/C19H17NO7/c21-15(12-3-4-16-17(6-12)27-11-26-16)10-25-19(23)13-7-18(22)20(8-13)9-14-2-1-5-24-14/h1-6,13H,7-11H2/t13-/m1/s1. The summed E-state index contributed by atoms with van der Waals surface area (Å²) in [4.78, 5) is 38.1. The normalized spacial score (nSPS) is 18.0. The molecule has 140 valence electrons. The Morgan fingerprint density at radius 2 is 2.04 bits per heavy atom. The summed E-state index contributed by atoms with van der Waals surface area (Å²) >= 11 is 0. The number of fused-ring (bicyclic) bond motifs is 1. The van der Waals surface area contributed by atoms with Crippen molar-refractivity contribution < 1.29 is 33.0 Å². The molecule has 1 aromatic carbocycles. The van der Waals surface area contributed by atoms with E-state index in [1.807, 2.05) is 0 Å². The molecule has 8 heteroatoms. The highest BCUT2D eigenvalue weighted by Crippen LogP contribution is 2.32. The van der Waals surface area contributed by atoms with Gasteiger partial charge in [-0.25, -0.2) is 0 Å². The quantitative estimate of drug-likeness (QED) is 0.564. The van der Waals surface area contributed by atoms with Crippen molar-refractivity contribution in [1.82, 2.24) is 4.90 Å². The van der Waals surface area contributed by atoms with E-state index < -0.39 is 11.9 Å². The Morgan fingerprint density at radius 1 is 1.19 bits per heavy atom. The Kier molecular flexibility index (Phi) is 4.53. The molecular formula is C19H17NO7. The molecule has 1 saturated heterocycles. The summed E-state index contributed by atoms with van der Waals surface area (Å²) in [6, 6.07) is 8.29. The zero-order valence-corrected chi connectivity index (χ0v) is 14.4. The zero-order chi connectivity index (χ0) is 18.8. The number of ether oxygens (including phenoxy) is 3. The third-order valence-electron chi connectivity index (χ3n) is 4.51. The largest absolute Gasteiger partial charge is 0.467 e. The topological polar surface area (TPSA) is 95.3 Å². The molecule has 8 nitrogen and oxygen atoms in total. The van der Waals surface area contributed by atoms with Crippen molar-refractivity contribution in [2.24, 2.45) is 5.92 Å². The number of rotatable bonds is 6. The van der Waals surface area contributed by atoms with Gasteiger partial charge in [-0.1, -0.05) is 0 Å². The van der Waals surface area contributed by atoms with E-state index in [-0.39, 0.29) is 38.1 Å². The van der Waals surface area contributed by atoms with Crippen LogP contribution in [0, 0.1) is 5.92 Å². The van der Waals surface area contributed by atoms with Crippen molar-refractivity contribution in [3.8, 4) is 11.5 Å². The molecule has 0 radical (unpaired) electrons. The molecule has 1 atom stereocenters. The number of carbonyl (C=O) groups excluding carboxylic acids is 3. The number of carbonyl (C=O) groups is 3.